The quantitative estimate of drug-likeness (QED) is 0.281. The van der Waals surface area contributed by atoms with Crippen molar-refractivity contribution in [2.24, 2.45) is 5.92 Å². The predicted octanol–water partition coefficient (Wildman–Crippen LogP) is 6.52. The maximum absolute atomic E-state index is 13.2. The van der Waals surface area contributed by atoms with Gasteiger partial charge >= 0.3 is 0 Å². The molecular formula is C29H34O5. The van der Waals surface area contributed by atoms with Crippen molar-refractivity contribution in [1.29, 1.82) is 0 Å². The Morgan fingerprint density at radius 3 is 1.74 bits per heavy atom. The van der Waals surface area contributed by atoms with E-state index in [2.05, 4.69) is 0 Å². The fraction of sp³-hybridized carbons (Fsp3) is 0.345. The number of allylic oxidation sites excluding steroid dienone is 4. The average Bonchev–Trinajstić information content (AvgIpc) is 2.84. The lowest BCUT2D eigenvalue weighted by Crippen LogP contribution is -2.15. The van der Waals surface area contributed by atoms with Crippen molar-refractivity contribution in [3.63, 3.8) is 0 Å². The summed E-state index contributed by atoms with van der Waals surface area (Å²) < 4.78 is 21.4. The van der Waals surface area contributed by atoms with Crippen molar-refractivity contribution in [3.8, 4) is 23.0 Å². The fourth-order valence-electron chi connectivity index (χ4n) is 3.95. The number of hydrogen-bond acceptors (Lipinski definition) is 5. The van der Waals surface area contributed by atoms with Crippen LogP contribution >= 0.6 is 0 Å². The summed E-state index contributed by atoms with van der Waals surface area (Å²) in [6.45, 7) is 2.01. The minimum Gasteiger partial charge on any atom is -0.493 e. The molecule has 0 unspecified atom stereocenters. The molecule has 0 bridgehead atoms. The topological polar surface area (TPSA) is 54.0 Å². The Balaban J connectivity index is 1.84. The molecule has 1 fully saturated rings. The third kappa shape index (κ3) is 6.31. The first-order valence-electron chi connectivity index (χ1n) is 11.5. The first kappa shape index (κ1) is 25.2. The van der Waals surface area contributed by atoms with Crippen LogP contribution in [0.1, 0.15) is 43.7 Å². The van der Waals surface area contributed by atoms with Crippen LogP contribution in [0.4, 0.5) is 0 Å². The highest BCUT2D eigenvalue weighted by molar-refractivity contribution is 6.07. The van der Waals surface area contributed by atoms with E-state index in [0.717, 1.165) is 28.7 Å². The number of ketones is 1. The minimum absolute atomic E-state index is 0.0381. The zero-order valence-corrected chi connectivity index (χ0v) is 20.7. The van der Waals surface area contributed by atoms with Gasteiger partial charge in [-0.25, -0.2) is 0 Å². The molecule has 2 aromatic rings. The lowest BCUT2D eigenvalue weighted by Gasteiger charge is -2.26. The van der Waals surface area contributed by atoms with Crippen LogP contribution in [0, 0.1) is 5.92 Å². The summed E-state index contributed by atoms with van der Waals surface area (Å²) in [4.78, 5) is 13.2. The van der Waals surface area contributed by atoms with E-state index in [1.54, 1.807) is 34.5 Å². The summed E-state index contributed by atoms with van der Waals surface area (Å²) in [5.74, 6) is 3.28. The molecule has 0 amide bonds. The molecule has 0 aliphatic heterocycles. The van der Waals surface area contributed by atoms with Gasteiger partial charge in [-0.05, 0) is 66.3 Å². The molecule has 0 spiro atoms. The third-order valence-electron chi connectivity index (χ3n) is 6.26. The Bertz CT molecular complexity index is 1090. The molecule has 0 radical (unpaired) electrons. The van der Waals surface area contributed by atoms with Crippen LogP contribution in [0.25, 0.3) is 12.2 Å². The van der Waals surface area contributed by atoms with Crippen LogP contribution in [-0.2, 0) is 4.79 Å². The van der Waals surface area contributed by atoms with Gasteiger partial charge in [-0.2, -0.15) is 0 Å². The largest absolute Gasteiger partial charge is 0.493 e. The first-order valence-corrected chi connectivity index (χ1v) is 11.5. The second-order valence-corrected chi connectivity index (χ2v) is 8.42. The monoisotopic (exact) mass is 462 g/mol. The molecule has 1 saturated carbocycles. The predicted molar refractivity (Wildman–Crippen MR) is 137 cm³/mol. The maximum Gasteiger partial charge on any atom is 0.182 e. The van der Waals surface area contributed by atoms with Crippen molar-refractivity contribution < 1.29 is 23.7 Å². The second-order valence-electron chi connectivity index (χ2n) is 8.42. The molecular weight excluding hydrogens is 428 g/mol. The average molecular weight is 463 g/mol. The third-order valence-corrected chi connectivity index (χ3v) is 6.26. The molecule has 5 nitrogen and oxygen atoms in total. The van der Waals surface area contributed by atoms with Gasteiger partial charge in [-0.15, -0.1) is 0 Å². The SMILES string of the molecule is COc1ccc(/C=C/C(=O)/C(CC2CCC2)=C(C)/C=C/c2ccc(OC)c(OC)c2)cc1OC. The zero-order valence-electron chi connectivity index (χ0n) is 20.7. The van der Waals surface area contributed by atoms with Crippen molar-refractivity contribution in [2.75, 3.05) is 28.4 Å². The van der Waals surface area contributed by atoms with Crippen LogP contribution in [0.5, 0.6) is 23.0 Å². The van der Waals surface area contributed by atoms with Crippen molar-refractivity contribution in [1.82, 2.24) is 0 Å². The number of carbonyl (C=O) groups is 1. The van der Waals surface area contributed by atoms with E-state index in [9.17, 15) is 4.79 Å². The number of rotatable bonds is 11. The van der Waals surface area contributed by atoms with Gasteiger partial charge in [0, 0.05) is 5.57 Å². The maximum atomic E-state index is 13.2. The zero-order chi connectivity index (χ0) is 24.5. The molecule has 34 heavy (non-hydrogen) atoms. The van der Waals surface area contributed by atoms with Gasteiger partial charge in [-0.1, -0.05) is 49.6 Å². The summed E-state index contributed by atoms with van der Waals surface area (Å²) in [6.07, 6.45) is 11.9. The van der Waals surface area contributed by atoms with E-state index in [1.807, 2.05) is 61.5 Å². The van der Waals surface area contributed by atoms with Gasteiger partial charge in [0.05, 0.1) is 28.4 Å². The highest BCUT2D eigenvalue weighted by atomic mass is 16.5. The number of ether oxygens (including phenoxy) is 4. The second kappa shape index (κ2) is 12.1. The molecule has 180 valence electrons. The molecule has 0 atom stereocenters. The van der Waals surface area contributed by atoms with Crippen LogP contribution in [0.3, 0.4) is 0 Å². The van der Waals surface area contributed by atoms with Gasteiger partial charge in [0.25, 0.3) is 0 Å². The van der Waals surface area contributed by atoms with Gasteiger partial charge < -0.3 is 18.9 Å². The van der Waals surface area contributed by atoms with Gasteiger partial charge in [0.1, 0.15) is 0 Å². The number of carbonyl (C=O) groups excluding carboxylic acids is 1. The standard InChI is InChI=1S/C29H34O5/c1-20(9-10-22-12-15-26(31-2)28(18-22)33-4)24(17-21-7-6-8-21)25(30)14-11-23-13-16-27(32-3)29(19-23)34-5/h9-16,18-19,21H,6-8,17H2,1-5H3/b10-9+,14-11+,24-20+. The Labute approximate surface area is 202 Å². The summed E-state index contributed by atoms with van der Waals surface area (Å²) in [6, 6.07) is 11.4. The van der Waals surface area contributed by atoms with Crippen molar-refractivity contribution in [3.05, 3.63) is 70.8 Å². The van der Waals surface area contributed by atoms with E-state index in [0.29, 0.717) is 28.9 Å². The highest BCUT2D eigenvalue weighted by Gasteiger charge is 2.22. The molecule has 0 heterocycles. The van der Waals surface area contributed by atoms with Gasteiger partial charge in [0.15, 0.2) is 28.8 Å². The van der Waals surface area contributed by atoms with E-state index < -0.39 is 0 Å². The molecule has 3 rings (SSSR count). The van der Waals surface area contributed by atoms with E-state index in [-0.39, 0.29) is 5.78 Å². The van der Waals surface area contributed by atoms with Gasteiger partial charge in [-0.3, -0.25) is 4.79 Å². The van der Waals surface area contributed by atoms with Crippen molar-refractivity contribution >= 4 is 17.9 Å². The lowest BCUT2D eigenvalue weighted by atomic mass is 9.79. The van der Waals surface area contributed by atoms with Crippen LogP contribution in [0.2, 0.25) is 0 Å². The van der Waals surface area contributed by atoms with Crippen LogP contribution in [0.15, 0.2) is 59.7 Å². The fourth-order valence-corrected chi connectivity index (χ4v) is 3.95. The highest BCUT2D eigenvalue weighted by Crippen LogP contribution is 2.34. The first-order chi connectivity index (χ1) is 16.5. The molecule has 1 aliphatic carbocycles. The van der Waals surface area contributed by atoms with Gasteiger partial charge in [0.2, 0.25) is 0 Å². The van der Waals surface area contributed by atoms with Crippen LogP contribution in [-0.4, -0.2) is 34.2 Å². The molecule has 0 aromatic heterocycles. The number of hydrogen-bond donors (Lipinski definition) is 0. The Morgan fingerprint density at radius 1 is 0.794 bits per heavy atom. The summed E-state index contributed by atoms with van der Waals surface area (Å²) >= 11 is 0. The minimum atomic E-state index is 0.0381. The molecule has 2 aromatic carbocycles. The Hall–Kier alpha value is -3.47. The van der Waals surface area contributed by atoms with E-state index in [1.165, 1.54) is 19.3 Å². The number of methoxy groups -OCH3 is 4. The summed E-state index contributed by atoms with van der Waals surface area (Å²) in [5, 5.41) is 0. The number of benzene rings is 2. The lowest BCUT2D eigenvalue weighted by molar-refractivity contribution is -0.111. The van der Waals surface area contributed by atoms with E-state index >= 15 is 0 Å². The van der Waals surface area contributed by atoms with E-state index in [4.69, 9.17) is 18.9 Å². The normalized spacial score (nSPS) is 14.6. The Morgan fingerprint density at radius 2 is 1.29 bits per heavy atom. The molecule has 0 saturated heterocycles. The molecule has 0 N–H and O–H groups in total. The molecule has 5 heteroatoms. The summed E-state index contributed by atoms with van der Waals surface area (Å²) in [5.41, 5.74) is 3.70. The van der Waals surface area contributed by atoms with Crippen molar-refractivity contribution in [2.45, 2.75) is 32.6 Å². The Kier molecular flexibility index (Phi) is 8.97. The summed E-state index contributed by atoms with van der Waals surface area (Å²) in [7, 11) is 6.45. The smallest absolute Gasteiger partial charge is 0.182 e. The van der Waals surface area contributed by atoms with Crippen LogP contribution < -0.4 is 18.9 Å². The molecule has 1 aliphatic rings.